The van der Waals surface area contributed by atoms with Gasteiger partial charge in [-0.2, -0.15) is 5.10 Å². The summed E-state index contributed by atoms with van der Waals surface area (Å²) in [4.78, 5) is 35.9. The fourth-order valence-corrected chi connectivity index (χ4v) is 4.47. The van der Waals surface area contributed by atoms with E-state index in [1.165, 1.54) is 17.1 Å². The molecular formula is C26H28N4O5. The van der Waals surface area contributed by atoms with Gasteiger partial charge in [0.15, 0.2) is 0 Å². The third-order valence-electron chi connectivity index (χ3n) is 5.95. The van der Waals surface area contributed by atoms with Gasteiger partial charge in [-0.1, -0.05) is 61.9 Å². The number of hydrogen-bond acceptors (Lipinski definition) is 5. The second-order valence-corrected chi connectivity index (χ2v) is 8.53. The van der Waals surface area contributed by atoms with Crippen LogP contribution in [0.3, 0.4) is 0 Å². The van der Waals surface area contributed by atoms with E-state index in [0.29, 0.717) is 12.1 Å². The van der Waals surface area contributed by atoms with Crippen LogP contribution in [0.5, 0.6) is 0 Å². The molecule has 9 heteroatoms. The summed E-state index contributed by atoms with van der Waals surface area (Å²) < 4.78 is 6.82. The number of carboxylic acid groups (broad SMARTS) is 1. The SMILES string of the molecule is CCC[C@H](CC(=O)Nc1cnn(CC(=O)O)c1)NC(=O)OCC1c2ccccc2-c2ccccc21. The van der Waals surface area contributed by atoms with Gasteiger partial charge in [0.05, 0.1) is 11.9 Å². The molecule has 0 spiro atoms. The molecule has 0 fully saturated rings. The summed E-state index contributed by atoms with van der Waals surface area (Å²) in [7, 11) is 0. The number of amides is 2. The molecule has 9 nitrogen and oxygen atoms in total. The standard InChI is InChI=1S/C26H28N4O5/c1-2-7-17(12-24(31)28-18-13-27-30(14-18)15-25(32)33)29-26(34)35-16-23-21-10-5-3-8-19(21)20-9-4-6-11-22(20)23/h3-6,8-11,13-14,17,23H,2,7,12,15-16H2,1H3,(H,28,31)(H,29,34)(H,32,33)/t17-/m1/s1. The number of hydrogen-bond donors (Lipinski definition) is 3. The number of carboxylic acids is 1. The second-order valence-electron chi connectivity index (χ2n) is 8.53. The van der Waals surface area contributed by atoms with Crippen molar-refractivity contribution in [3.8, 4) is 11.1 Å². The van der Waals surface area contributed by atoms with Crippen LogP contribution in [0.15, 0.2) is 60.9 Å². The predicted octanol–water partition coefficient (Wildman–Crippen LogP) is 4.00. The average Bonchev–Trinajstić information content (AvgIpc) is 3.39. The molecule has 3 aromatic rings. The van der Waals surface area contributed by atoms with Crippen molar-refractivity contribution in [3.63, 3.8) is 0 Å². The Bertz CT molecular complexity index is 1180. The number of benzene rings is 2. The van der Waals surface area contributed by atoms with Crippen molar-refractivity contribution in [2.45, 2.75) is 44.7 Å². The summed E-state index contributed by atoms with van der Waals surface area (Å²) >= 11 is 0. The minimum atomic E-state index is -1.03. The first-order chi connectivity index (χ1) is 16.9. The minimum absolute atomic E-state index is 0.0385. The van der Waals surface area contributed by atoms with Crippen LogP contribution in [0, 0.1) is 0 Å². The first-order valence-corrected chi connectivity index (χ1v) is 11.6. The number of fused-ring (bicyclic) bond motifs is 3. The number of rotatable bonds is 10. The van der Waals surface area contributed by atoms with E-state index in [2.05, 4.69) is 40.0 Å². The lowest BCUT2D eigenvalue weighted by atomic mass is 9.98. The van der Waals surface area contributed by atoms with E-state index >= 15 is 0 Å². The summed E-state index contributed by atoms with van der Waals surface area (Å²) in [6.07, 6.45) is 3.71. The Morgan fingerprint density at radius 2 is 1.74 bits per heavy atom. The van der Waals surface area contributed by atoms with Crippen LogP contribution in [0.4, 0.5) is 10.5 Å². The number of aromatic nitrogens is 2. The molecule has 182 valence electrons. The average molecular weight is 477 g/mol. The zero-order valence-electron chi connectivity index (χ0n) is 19.4. The van der Waals surface area contributed by atoms with E-state index in [1.54, 1.807) is 0 Å². The molecule has 35 heavy (non-hydrogen) atoms. The molecule has 3 N–H and O–H groups in total. The highest BCUT2D eigenvalue weighted by Gasteiger charge is 2.29. The second kappa shape index (κ2) is 10.9. The molecule has 1 atom stereocenters. The van der Waals surface area contributed by atoms with Gasteiger partial charge in [-0.25, -0.2) is 4.79 Å². The number of carbonyl (C=O) groups is 3. The van der Waals surface area contributed by atoms with Crippen molar-refractivity contribution >= 4 is 23.7 Å². The molecule has 1 heterocycles. The van der Waals surface area contributed by atoms with Crippen molar-refractivity contribution in [2.24, 2.45) is 0 Å². The van der Waals surface area contributed by atoms with E-state index in [-0.39, 0.29) is 31.4 Å². The molecule has 0 aliphatic heterocycles. The van der Waals surface area contributed by atoms with Gasteiger partial charge in [-0.15, -0.1) is 0 Å². The van der Waals surface area contributed by atoms with Gasteiger partial charge >= 0.3 is 12.1 Å². The number of anilines is 1. The lowest BCUT2D eigenvalue weighted by Crippen LogP contribution is -2.38. The first-order valence-electron chi connectivity index (χ1n) is 11.6. The van der Waals surface area contributed by atoms with Gasteiger partial charge in [0, 0.05) is 24.6 Å². The maximum absolute atomic E-state index is 12.6. The number of carbonyl (C=O) groups excluding carboxylic acids is 2. The van der Waals surface area contributed by atoms with Crippen molar-refractivity contribution in [1.29, 1.82) is 0 Å². The van der Waals surface area contributed by atoms with Crippen LogP contribution in [0.1, 0.15) is 43.2 Å². The normalized spacial score (nSPS) is 12.9. The van der Waals surface area contributed by atoms with Gasteiger partial charge < -0.3 is 20.5 Å². The molecule has 2 aromatic carbocycles. The van der Waals surface area contributed by atoms with Gasteiger partial charge in [0.1, 0.15) is 13.2 Å². The lowest BCUT2D eigenvalue weighted by Gasteiger charge is -2.19. The molecule has 4 rings (SSSR count). The predicted molar refractivity (Wildman–Crippen MR) is 130 cm³/mol. The Labute approximate surface area is 203 Å². The van der Waals surface area contributed by atoms with Crippen LogP contribution in [0.25, 0.3) is 11.1 Å². The Morgan fingerprint density at radius 1 is 1.09 bits per heavy atom. The molecule has 0 saturated carbocycles. The van der Waals surface area contributed by atoms with Crippen molar-refractivity contribution in [3.05, 3.63) is 72.1 Å². The summed E-state index contributed by atoms with van der Waals surface area (Å²) in [6.45, 7) is 1.88. The van der Waals surface area contributed by atoms with Crippen molar-refractivity contribution < 1.29 is 24.2 Å². The largest absolute Gasteiger partial charge is 0.480 e. The fraction of sp³-hybridized carbons (Fsp3) is 0.308. The summed E-state index contributed by atoms with van der Waals surface area (Å²) in [6, 6.07) is 15.9. The lowest BCUT2D eigenvalue weighted by molar-refractivity contribution is -0.137. The molecular weight excluding hydrogens is 448 g/mol. The number of aliphatic carboxylic acids is 1. The quantitative estimate of drug-likeness (QED) is 0.406. The summed E-state index contributed by atoms with van der Waals surface area (Å²) in [5.74, 6) is -1.37. The topological polar surface area (TPSA) is 123 Å². The van der Waals surface area contributed by atoms with E-state index in [0.717, 1.165) is 28.7 Å². The summed E-state index contributed by atoms with van der Waals surface area (Å²) in [5, 5.41) is 18.2. The van der Waals surface area contributed by atoms with E-state index in [9.17, 15) is 14.4 Å². The molecule has 0 radical (unpaired) electrons. The van der Waals surface area contributed by atoms with Gasteiger partial charge in [0.2, 0.25) is 5.91 Å². The molecule has 0 unspecified atom stereocenters. The number of nitrogens with zero attached hydrogens (tertiary/aromatic N) is 2. The van der Waals surface area contributed by atoms with Crippen LogP contribution >= 0.6 is 0 Å². The molecule has 0 saturated heterocycles. The van der Waals surface area contributed by atoms with E-state index in [1.807, 2.05) is 31.2 Å². The maximum Gasteiger partial charge on any atom is 0.407 e. The summed E-state index contributed by atoms with van der Waals surface area (Å²) in [5.41, 5.74) is 4.98. The molecule has 1 aromatic heterocycles. The maximum atomic E-state index is 12.6. The Hall–Kier alpha value is -4.14. The van der Waals surface area contributed by atoms with E-state index < -0.39 is 18.1 Å². The Balaban J connectivity index is 1.32. The first kappa shape index (κ1) is 24.0. The highest BCUT2D eigenvalue weighted by atomic mass is 16.5. The molecule has 1 aliphatic rings. The van der Waals surface area contributed by atoms with Gasteiger partial charge in [0.25, 0.3) is 0 Å². The molecule has 1 aliphatic carbocycles. The minimum Gasteiger partial charge on any atom is -0.480 e. The van der Waals surface area contributed by atoms with Crippen LogP contribution in [0.2, 0.25) is 0 Å². The third kappa shape index (κ3) is 5.87. The Kier molecular flexibility index (Phi) is 7.45. The van der Waals surface area contributed by atoms with E-state index in [4.69, 9.17) is 9.84 Å². The highest BCUT2D eigenvalue weighted by Crippen LogP contribution is 2.44. The zero-order valence-corrected chi connectivity index (χ0v) is 19.4. The fourth-order valence-electron chi connectivity index (χ4n) is 4.47. The monoisotopic (exact) mass is 476 g/mol. The Morgan fingerprint density at radius 3 is 2.37 bits per heavy atom. The van der Waals surface area contributed by atoms with Crippen LogP contribution < -0.4 is 10.6 Å². The van der Waals surface area contributed by atoms with Crippen LogP contribution in [-0.2, 0) is 20.9 Å². The smallest absolute Gasteiger partial charge is 0.407 e. The zero-order chi connectivity index (χ0) is 24.8. The number of ether oxygens (including phenoxy) is 1. The highest BCUT2D eigenvalue weighted by molar-refractivity contribution is 5.91. The van der Waals surface area contributed by atoms with Crippen LogP contribution in [-0.4, -0.2) is 45.5 Å². The van der Waals surface area contributed by atoms with Crippen molar-refractivity contribution in [2.75, 3.05) is 11.9 Å². The molecule has 0 bridgehead atoms. The van der Waals surface area contributed by atoms with Gasteiger partial charge in [-0.05, 0) is 28.7 Å². The van der Waals surface area contributed by atoms with Gasteiger partial charge in [-0.3, -0.25) is 14.3 Å². The number of nitrogens with one attached hydrogen (secondary N) is 2. The number of alkyl carbamates (subject to hydrolysis) is 1. The molecule has 2 amide bonds. The third-order valence-corrected chi connectivity index (χ3v) is 5.95. The van der Waals surface area contributed by atoms with Crippen molar-refractivity contribution in [1.82, 2.24) is 15.1 Å².